The summed E-state index contributed by atoms with van der Waals surface area (Å²) in [6, 6.07) is 1.98. The lowest BCUT2D eigenvalue weighted by Gasteiger charge is -2.14. The molecule has 0 radical (unpaired) electrons. The van der Waals surface area contributed by atoms with E-state index < -0.39 is 0 Å². The van der Waals surface area contributed by atoms with E-state index in [1.54, 1.807) is 6.20 Å². The van der Waals surface area contributed by atoms with Crippen molar-refractivity contribution < 1.29 is 0 Å². The summed E-state index contributed by atoms with van der Waals surface area (Å²) in [5, 5.41) is 0. The molecule has 4 heteroatoms. The summed E-state index contributed by atoms with van der Waals surface area (Å²) in [4.78, 5) is 13.5. The highest BCUT2D eigenvalue weighted by Crippen LogP contribution is 2.22. The van der Waals surface area contributed by atoms with Crippen LogP contribution in [0, 0.1) is 26.7 Å². The topological polar surface area (TPSA) is 64.7 Å². The predicted molar refractivity (Wildman–Crippen MR) is 81.4 cm³/mol. The largest absolute Gasteiger partial charge is 0.330 e. The molecule has 2 aromatic rings. The van der Waals surface area contributed by atoms with Crippen LogP contribution in [-0.2, 0) is 6.42 Å². The Hall–Kier alpha value is -1.81. The Bertz CT molecular complexity index is 584. The fraction of sp³-hybridized carbons (Fsp3) is 0.438. The minimum Gasteiger partial charge on any atom is -0.330 e. The van der Waals surface area contributed by atoms with Crippen LogP contribution in [0.2, 0.25) is 0 Å². The van der Waals surface area contributed by atoms with E-state index in [1.165, 1.54) is 5.56 Å². The van der Waals surface area contributed by atoms with E-state index in [2.05, 4.69) is 28.8 Å². The molecule has 20 heavy (non-hydrogen) atoms. The van der Waals surface area contributed by atoms with Crippen LogP contribution in [0.4, 0.5) is 0 Å². The number of hydrogen-bond acceptors (Lipinski definition) is 4. The number of aromatic nitrogens is 3. The lowest BCUT2D eigenvalue weighted by atomic mass is 9.98. The highest BCUT2D eigenvalue weighted by molar-refractivity contribution is 5.58. The van der Waals surface area contributed by atoms with E-state index in [1.807, 2.05) is 26.1 Å². The highest BCUT2D eigenvalue weighted by Gasteiger charge is 2.13. The van der Waals surface area contributed by atoms with Gasteiger partial charge in [-0.25, -0.2) is 9.97 Å². The second-order valence-electron chi connectivity index (χ2n) is 5.43. The van der Waals surface area contributed by atoms with Crippen molar-refractivity contribution in [1.82, 2.24) is 15.0 Å². The van der Waals surface area contributed by atoms with Crippen LogP contribution in [0.1, 0.15) is 29.4 Å². The third-order valence-corrected chi connectivity index (χ3v) is 3.66. The maximum atomic E-state index is 5.71. The van der Waals surface area contributed by atoms with E-state index in [9.17, 15) is 0 Å². The number of hydrogen-bond donors (Lipinski definition) is 1. The Balaban J connectivity index is 2.43. The third-order valence-electron chi connectivity index (χ3n) is 3.66. The zero-order valence-corrected chi connectivity index (χ0v) is 12.6. The second kappa shape index (κ2) is 6.09. The monoisotopic (exact) mass is 270 g/mol. The van der Waals surface area contributed by atoms with Crippen LogP contribution in [0.15, 0.2) is 18.5 Å². The molecule has 1 unspecified atom stereocenters. The molecule has 2 aromatic heterocycles. The molecule has 4 nitrogen and oxygen atoms in total. The molecular formula is C16H22N4. The van der Waals surface area contributed by atoms with Crippen molar-refractivity contribution in [3.63, 3.8) is 0 Å². The fourth-order valence-electron chi connectivity index (χ4n) is 2.29. The van der Waals surface area contributed by atoms with Crippen molar-refractivity contribution >= 4 is 0 Å². The van der Waals surface area contributed by atoms with Crippen molar-refractivity contribution in [1.29, 1.82) is 0 Å². The highest BCUT2D eigenvalue weighted by atomic mass is 14.9. The van der Waals surface area contributed by atoms with E-state index in [0.717, 1.165) is 34.8 Å². The predicted octanol–water partition coefficient (Wildman–Crippen LogP) is 2.60. The molecule has 2 rings (SSSR count). The van der Waals surface area contributed by atoms with Gasteiger partial charge in [0.2, 0.25) is 0 Å². The van der Waals surface area contributed by atoms with Crippen LogP contribution in [-0.4, -0.2) is 21.5 Å². The maximum Gasteiger partial charge on any atom is 0.161 e. The van der Waals surface area contributed by atoms with E-state index >= 15 is 0 Å². The van der Waals surface area contributed by atoms with Crippen molar-refractivity contribution in [2.24, 2.45) is 11.7 Å². The third kappa shape index (κ3) is 3.02. The smallest absolute Gasteiger partial charge is 0.161 e. The minimum absolute atomic E-state index is 0.446. The zero-order valence-electron chi connectivity index (χ0n) is 12.6. The molecule has 2 heterocycles. The molecule has 0 saturated carbocycles. The zero-order chi connectivity index (χ0) is 14.7. The van der Waals surface area contributed by atoms with E-state index in [4.69, 9.17) is 5.73 Å². The Morgan fingerprint density at radius 2 is 1.80 bits per heavy atom. The standard InChI is InChI=1S/C16H22N4/c1-10(8-17)7-14-12(3)19-16(20-13(14)4)15-9-18-6-5-11(15)2/h5-6,9-10H,7-8,17H2,1-4H3. The number of nitrogens with two attached hydrogens (primary N) is 1. The Morgan fingerprint density at radius 1 is 1.15 bits per heavy atom. The Morgan fingerprint density at radius 3 is 2.35 bits per heavy atom. The van der Waals surface area contributed by atoms with E-state index in [0.29, 0.717) is 12.5 Å². The SMILES string of the molecule is Cc1ccncc1-c1nc(C)c(CC(C)CN)c(C)n1. The van der Waals surface area contributed by atoms with Gasteiger partial charge >= 0.3 is 0 Å². The molecule has 0 saturated heterocycles. The van der Waals surface area contributed by atoms with Gasteiger partial charge in [0.25, 0.3) is 0 Å². The van der Waals surface area contributed by atoms with Crippen molar-refractivity contribution in [3.05, 3.63) is 41.0 Å². The fourth-order valence-corrected chi connectivity index (χ4v) is 2.29. The van der Waals surface area contributed by atoms with Gasteiger partial charge in [0, 0.05) is 29.3 Å². The lowest BCUT2D eigenvalue weighted by molar-refractivity contribution is 0.586. The summed E-state index contributed by atoms with van der Waals surface area (Å²) < 4.78 is 0. The summed E-state index contributed by atoms with van der Waals surface area (Å²) in [5.74, 6) is 1.21. The summed E-state index contributed by atoms with van der Waals surface area (Å²) in [6.45, 7) is 8.97. The van der Waals surface area contributed by atoms with Gasteiger partial charge in [0.1, 0.15) is 0 Å². The molecule has 0 fully saturated rings. The van der Waals surface area contributed by atoms with Gasteiger partial charge in [-0.05, 0) is 56.8 Å². The quantitative estimate of drug-likeness (QED) is 0.927. The van der Waals surface area contributed by atoms with Crippen LogP contribution >= 0.6 is 0 Å². The molecular weight excluding hydrogens is 248 g/mol. The minimum atomic E-state index is 0.446. The van der Waals surface area contributed by atoms with Gasteiger partial charge in [0.05, 0.1) is 0 Å². The maximum absolute atomic E-state index is 5.71. The van der Waals surface area contributed by atoms with Gasteiger partial charge in [-0.2, -0.15) is 0 Å². The Kier molecular flexibility index (Phi) is 4.45. The first-order chi connectivity index (χ1) is 9.52. The van der Waals surface area contributed by atoms with Crippen molar-refractivity contribution in [2.75, 3.05) is 6.54 Å². The van der Waals surface area contributed by atoms with Crippen molar-refractivity contribution in [2.45, 2.75) is 34.1 Å². The average Bonchev–Trinajstić information content (AvgIpc) is 2.42. The summed E-state index contributed by atoms with van der Waals surface area (Å²) >= 11 is 0. The van der Waals surface area contributed by atoms with Crippen molar-refractivity contribution in [3.8, 4) is 11.4 Å². The molecule has 0 aromatic carbocycles. The normalized spacial score (nSPS) is 12.4. The van der Waals surface area contributed by atoms with Gasteiger partial charge in [-0.3, -0.25) is 4.98 Å². The van der Waals surface area contributed by atoms with Crippen LogP contribution in [0.3, 0.4) is 0 Å². The molecule has 0 aliphatic heterocycles. The molecule has 0 spiro atoms. The molecule has 0 aliphatic carbocycles. The van der Waals surface area contributed by atoms with Gasteiger partial charge in [0.15, 0.2) is 5.82 Å². The lowest BCUT2D eigenvalue weighted by Crippen LogP contribution is -2.15. The molecule has 0 amide bonds. The first kappa shape index (κ1) is 14.6. The molecule has 2 N–H and O–H groups in total. The number of rotatable bonds is 4. The number of aryl methyl sites for hydroxylation is 3. The number of nitrogens with zero attached hydrogens (tertiary/aromatic N) is 3. The summed E-state index contributed by atoms with van der Waals surface area (Å²) in [6.07, 6.45) is 4.54. The summed E-state index contributed by atoms with van der Waals surface area (Å²) in [5.41, 5.74) is 11.1. The van der Waals surface area contributed by atoms with E-state index in [-0.39, 0.29) is 0 Å². The first-order valence-corrected chi connectivity index (χ1v) is 6.98. The van der Waals surface area contributed by atoms with Gasteiger partial charge in [-0.1, -0.05) is 6.92 Å². The molecule has 1 atom stereocenters. The van der Waals surface area contributed by atoms with Gasteiger partial charge in [-0.15, -0.1) is 0 Å². The van der Waals surface area contributed by atoms with Crippen LogP contribution in [0.25, 0.3) is 11.4 Å². The average molecular weight is 270 g/mol. The molecule has 0 bridgehead atoms. The molecule has 106 valence electrons. The summed E-state index contributed by atoms with van der Waals surface area (Å²) in [7, 11) is 0. The van der Waals surface area contributed by atoms with Gasteiger partial charge < -0.3 is 5.73 Å². The first-order valence-electron chi connectivity index (χ1n) is 6.98. The second-order valence-corrected chi connectivity index (χ2v) is 5.43. The molecule has 0 aliphatic rings. The number of pyridine rings is 1. The van der Waals surface area contributed by atoms with Crippen LogP contribution < -0.4 is 5.73 Å². The van der Waals surface area contributed by atoms with Crippen LogP contribution in [0.5, 0.6) is 0 Å². The Labute approximate surface area is 120 Å².